The molecule has 0 spiro atoms. The lowest BCUT2D eigenvalue weighted by molar-refractivity contribution is 0.102. The van der Waals surface area contributed by atoms with Crippen molar-refractivity contribution >= 4 is 23.2 Å². The minimum Gasteiger partial charge on any atom is -0.355 e. The number of hydrogen-bond acceptors (Lipinski definition) is 7. The SMILES string of the molecule is Cc1cn2cc(NC(=O)c3cnc(N4CC[C@@H](CN)C4)c(C4CCC4)n3)nc(C)c2n1. The van der Waals surface area contributed by atoms with E-state index >= 15 is 0 Å². The van der Waals surface area contributed by atoms with E-state index in [-0.39, 0.29) is 5.91 Å². The Hall–Kier alpha value is -3.07. The van der Waals surface area contributed by atoms with Gasteiger partial charge >= 0.3 is 0 Å². The molecule has 4 heterocycles. The summed E-state index contributed by atoms with van der Waals surface area (Å²) >= 11 is 0. The summed E-state index contributed by atoms with van der Waals surface area (Å²) in [6.45, 7) is 6.35. The lowest BCUT2D eigenvalue weighted by atomic mass is 9.82. The van der Waals surface area contributed by atoms with Gasteiger partial charge in [-0.05, 0) is 45.6 Å². The van der Waals surface area contributed by atoms with Crippen molar-refractivity contribution in [3.63, 3.8) is 0 Å². The molecule has 162 valence electrons. The highest BCUT2D eigenvalue weighted by Gasteiger charge is 2.31. The molecule has 0 radical (unpaired) electrons. The van der Waals surface area contributed by atoms with Gasteiger partial charge in [-0.15, -0.1) is 0 Å². The summed E-state index contributed by atoms with van der Waals surface area (Å²) < 4.78 is 1.88. The molecule has 9 nitrogen and oxygen atoms in total. The molecule has 0 unspecified atom stereocenters. The number of aromatic nitrogens is 5. The van der Waals surface area contributed by atoms with Crippen molar-refractivity contribution in [3.8, 4) is 0 Å². The van der Waals surface area contributed by atoms with E-state index in [1.807, 2.05) is 24.4 Å². The third kappa shape index (κ3) is 3.74. The van der Waals surface area contributed by atoms with Crippen LogP contribution in [0.3, 0.4) is 0 Å². The van der Waals surface area contributed by atoms with Crippen molar-refractivity contribution in [2.45, 2.75) is 45.4 Å². The van der Waals surface area contributed by atoms with Crippen LogP contribution in [0.5, 0.6) is 0 Å². The predicted molar refractivity (Wildman–Crippen MR) is 118 cm³/mol. The van der Waals surface area contributed by atoms with Gasteiger partial charge in [-0.2, -0.15) is 0 Å². The Morgan fingerprint density at radius 2 is 2.03 bits per heavy atom. The summed E-state index contributed by atoms with van der Waals surface area (Å²) in [6, 6.07) is 0. The molecule has 3 N–H and O–H groups in total. The average Bonchev–Trinajstić information content (AvgIpc) is 3.33. The molecule has 3 aromatic heterocycles. The van der Waals surface area contributed by atoms with Crippen LogP contribution in [0.25, 0.3) is 5.65 Å². The third-order valence-corrected chi connectivity index (χ3v) is 6.39. The first kappa shape index (κ1) is 19.9. The van der Waals surface area contributed by atoms with Crippen molar-refractivity contribution in [1.82, 2.24) is 24.3 Å². The second-order valence-electron chi connectivity index (χ2n) is 8.71. The number of hydrogen-bond donors (Lipinski definition) is 2. The number of aryl methyl sites for hydroxylation is 2. The Morgan fingerprint density at radius 3 is 2.74 bits per heavy atom. The van der Waals surface area contributed by atoms with Crippen molar-refractivity contribution in [2.75, 3.05) is 29.9 Å². The predicted octanol–water partition coefficient (Wildman–Crippen LogP) is 2.44. The Kier molecular flexibility index (Phi) is 5.05. The van der Waals surface area contributed by atoms with Gasteiger partial charge in [0.2, 0.25) is 0 Å². The Bertz CT molecular complexity index is 1140. The monoisotopic (exact) mass is 420 g/mol. The van der Waals surface area contributed by atoms with Crippen LogP contribution in [0.4, 0.5) is 11.6 Å². The van der Waals surface area contributed by atoms with Gasteiger partial charge < -0.3 is 20.4 Å². The van der Waals surface area contributed by atoms with Gasteiger partial charge in [0, 0.05) is 25.2 Å². The van der Waals surface area contributed by atoms with E-state index in [0.29, 0.717) is 29.9 Å². The molecule has 1 amide bonds. The number of nitrogens with zero attached hydrogens (tertiary/aromatic N) is 6. The number of nitrogens with two attached hydrogens (primary N) is 1. The summed E-state index contributed by atoms with van der Waals surface area (Å²) in [4.78, 5) is 33.7. The molecule has 1 saturated heterocycles. The highest BCUT2D eigenvalue weighted by Crippen LogP contribution is 2.40. The molecule has 3 aromatic rings. The zero-order valence-electron chi connectivity index (χ0n) is 18.0. The normalized spacial score (nSPS) is 19.1. The van der Waals surface area contributed by atoms with Crippen LogP contribution in [0.2, 0.25) is 0 Å². The summed E-state index contributed by atoms with van der Waals surface area (Å²) in [5.41, 5.74) is 9.58. The van der Waals surface area contributed by atoms with E-state index in [4.69, 9.17) is 15.7 Å². The number of imidazole rings is 1. The number of nitrogens with one attached hydrogen (secondary N) is 1. The van der Waals surface area contributed by atoms with E-state index < -0.39 is 0 Å². The topological polar surface area (TPSA) is 114 Å². The zero-order chi connectivity index (χ0) is 21.5. The molecule has 1 saturated carbocycles. The van der Waals surface area contributed by atoms with Crippen molar-refractivity contribution < 1.29 is 4.79 Å². The maximum absolute atomic E-state index is 13.0. The quantitative estimate of drug-likeness (QED) is 0.651. The number of carbonyl (C=O) groups is 1. The van der Waals surface area contributed by atoms with E-state index in [0.717, 1.165) is 60.9 Å². The standard InChI is InChI=1S/C22H28N8O/c1-13-10-30-12-18(26-14(2)20(30)25-13)28-22(31)17-9-24-21(19(27-17)16-4-3-5-16)29-7-6-15(8-23)11-29/h9-10,12,15-16H,3-8,11,23H2,1-2H3,(H,28,31)/t15-/m0/s1. The van der Waals surface area contributed by atoms with Crippen LogP contribution in [0.1, 0.15) is 59.2 Å². The molecule has 0 aromatic carbocycles. The lowest BCUT2D eigenvalue weighted by Gasteiger charge is -2.29. The summed E-state index contributed by atoms with van der Waals surface area (Å²) in [5.74, 6) is 1.95. The molecule has 1 aliphatic carbocycles. The highest BCUT2D eigenvalue weighted by molar-refractivity contribution is 6.02. The van der Waals surface area contributed by atoms with Crippen molar-refractivity contribution in [2.24, 2.45) is 11.7 Å². The van der Waals surface area contributed by atoms with Crippen LogP contribution < -0.4 is 16.0 Å². The van der Waals surface area contributed by atoms with E-state index in [9.17, 15) is 4.79 Å². The number of rotatable bonds is 5. The van der Waals surface area contributed by atoms with Crippen LogP contribution in [-0.2, 0) is 0 Å². The second-order valence-corrected chi connectivity index (χ2v) is 8.71. The smallest absolute Gasteiger partial charge is 0.277 e. The Morgan fingerprint density at radius 1 is 1.19 bits per heavy atom. The maximum Gasteiger partial charge on any atom is 0.277 e. The van der Waals surface area contributed by atoms with Crippen LogP contribution >= 0.6 is 0 Å². The van der Waals surface area contributed by atoms with Gasteiger partial charge in [0.15, 0.2) is 11.5 Å². The largest absolute Gasteiger partial charge is 0.355 e. The van der Waals surface area contributed by atoms with Crippen LogP contribution in [-0.4, -0.2) is 49.9 Å². The number of carbonyl (C=O) groups excluding carboxylic acids is 1. The van der Waals surface area contributed by atoms with Crippen molar-refractivity contribution in [3.05, 3.63) is 41.4 Å². The summed E-state index contributed by atoms with van der Waals surface area (Å²) in [6.07, 6.45) is 9.72. The van der Waals surface area contributed by atoms with Gasteiger partial charge in [-0.25, -0.2) is 19.9 Å². The number of anilines is 2. The number of fused-ring (bicyclic) bond motifs is 1. The lowest BCUT2D eigenvalue weighted by Crippen LogP contribution is -2.28. The van der Waals surface area contributed by atoms with Gasteiger partial charge in [0.25, 0.3) is 5.91 Å². The molecule has 2 aliphatic rings. The third-order valence-electron chi connectivity index (χ3n) is 6.39. The number of amides is 1. The van der Waals surface area contributed by atoms with Crippen LogP contribution in [0, 0.1) is 19.8 Å². The second kappa shape index (κ2) is 7.88. The molecule has 1 aliphatic heterocycles. The first-order valence-corrected chi connectivity index (χ1v) is 11.0. The fraction of sp³-hybridized carbons (Fsp3) is 0.500. The van der Waals surface area contributed by atoms with E-state index in [1.165, 1.54) is 6.42 Å². The van der Waals surface area contributed by atoms with Crippen molar-refractivity contribution in [1.29, 1.82) is 0 Å². The molecule has 2 fully saturated rings. The van der Waals surface area contributed by atoms with Gasteiger partial charge in [-0.3, -0.25) is 4.79 Å². The zero-order valence-corrected chi connectivity index (χ0v) is 18.0. The van der Waals surface area contributed by atoms with E-state index in [2.05, 4.69) is 20.2 Å². The van der Waals surface area contributed by atoms with Gasteiger partial charge in [0.1, 0.15) is 11.5 Å². The van der Waals surface area contributed by atoms with Gasteiger partial charge in [-0.1, -0.05) is 6.42 Å². The minimum atomic E-state index is -0.302. The Labute approximate surface area is 181 Å². The molecule has 9 heteroatoms. The van der Waals surface area contributed by atoms with Gasteiger partial charge in [0.05, 0.1) is 29.5 Å². The fourth-order valence-electron chi connectivity index (χ4n) is 4.44. The summed E-state index contributed by atoms with van der Waals surface area (Å²) in [7, 11) is 0. The molecule has 5 rings (SSSR count). The Balaban J connectivity index is 1.41. The fourth-order valence-corrected chi connectivity index (χ4v) is 4.44. The first-order valence-electron chi connectivity index (χ1n) is 11.0. The summed E-state index contributed by atoms with van der Waals surface area (Å²) in [5, 5.41) is 2.88. The molecular weight excluding hydrogens is 392 g/mol. The van der Waals surface area contributed by atoms with Crippen LogP contribution in [0.15, 0.2) is 18.6 Å². The molecule has 1 atom stereocenters. The molecule has 0 bridgehead atoms. The molecule has 31 heavy (non-hydrogen) atoms. The maximum atomic E-state index is 13.0. The molecular formula is C22H28N8O. The first-order chi connectivity index (χ1) is 15.0. The minimum absolute atomic E-state index is 0.302. The highest BCUT2D eigenvalue weighted by atomic mass is 16.2. The van der Waals surface area contributed by atoms with E-state index in [1.54, 1.807) is 12.4 Å². The average molecular weight is 421 g/mol.